The van der Waals surface area contributed by atoms with Crippen LogP contribution >= 0.6 is 0 Å². The van der Waals surface area contributed by atoms with Crippen molar-refractivity contribution >= 4 is 23.7 Å². The summed E-state index contributed by atoms with van der Waals surface area (Å²) in [6, 6.07) is 7.24. The summed E-state index contributed by atoms with van der Waals surface area (Å²) >= 11 is 0. The minimum Gasteiger partial charge on any atom is -0.463 e. The largest absolute Gasteiger partial charge is 0.463 e. The number of hydrazine groups is 1. The van der Waals surface area contributed by atoms with Gasteiger partial charge in [-0.1, -0.05) is 18.2 Å². The maximum Gasteiger partial charge on any atom is 0.427 e. The normalized spacial score (nSPS) is 16.9. The number of anilines is 1. The molecule has 2 amide bonds. The molecule has 0 fully saturated rings. The number of nitrogens with zero attached hydrogens (tertiary/aromatic N) is 1. The molecule has 0 aromatic heterocycles. The Morgan fingerprint density at radius 2 is 1.92 bits per heavy atom. The number of amides is 2. The van der Waals surface area contributed by atoms with Crippen molar-refractivity contribution in [2.45, 2.75) is 59.2 Å². The van der Waals surface area contributed by atoms with E-state index < -0.39 is 23.6 Å². The van der Waals surface area contributed by atoms with Gasteiger partial charge < -0.3 is 9.47 Å². The predicted octanol–water partition coefficient (Wildman–Crippen LogP) is 2.97. The Morgan fingerprint density at radius 1 is 1.27 bits per heavy atom. The molecule has 2 rings (SSSR count). The predicted molar refractivity (Wildman–Crippen MR) is 96.3 cm³/mol. The minimum absolute atomic E-state index is 0.0438. The number of ether oxygens (including phenoxy) is 2. The summed E-state index contributed by atoms with van der Waals surface area (Å²) < 4.78 is 10.4. The van der Waals surface area contributed by atoms with Gasteiger partial charge in [-0.2, -0.15) is 0 Å². The molecule has 0 aliphatic carbocycles. The molecular weight excluding hydrogens is 336 g/mol. The zero-order valence-corrected chi connectivity index (χ0v) is 15.9. The zero-order valence-electron chi connectivity index (χ0n) is 15.9. The molecule has 0 spiro atoms. The molecule has 1 heterocycles. The number of carbonyl (C=O) groups is 3. The smallest absolute Gasteiger partial charge is 0.427 e. The zero-order chi connectivity index (χ0) is 19.5. The second kappa shape index (κ2) is 7.76. The van der Waals surface area contributed by atoms with Crippen LogP contribution < -0.4 is 10.4 Å². The lowest BCUT2D eigenvalue weighted by atomic mass is 9.90. The number of esters is 1. The summed E-state index contributed by atoms with van der Waals surface area (Å²) in [5.41, 5.74) is 3.25. The number of hydrogen-bond acceptors (Lipinski definition) is 5. The van der Waals surface area contributed by atoms with Gasteiger partial charge in [-0.25, -0.2) is 15.2 Å². The molecule has 1 aliphatic rings. The van der Waals surface area contributed by atoms with Crippen molar-refractivity contribution in [1.82, 2.24) is 5.43 Å². The number of fused-ring (bicyclic) bond motifs is 1. The van der Waals surface area contributed by atoms with Crippen molar-refractivity contribution in [2.24, 2.45) is 5.92 Å². The standard InChI is InChI=1S/C19H26N2O5/c1-12(2)25-16(22)11-14-10-13-8-6-7-9-15(13)21(17(14)23)20-18(24)26-19(3,4)5/h6-9,12,14H,10-11H2,1-5H3,(H,20,24)/t14-/m0/s1. The van der Waals surface area contributed by atoms with Crippen molar-refractivity contribution in [2.75, 3.05) is 5.01 Å². The Morgan fingerprint density at radius 3 is 2.54 bits per heavy atom. The Hall–Kier alpha value is -2.57. The van der Waals surface area contributed by atoms with E-state index in [-0.39, 0.29) is 18.4 Å². The molecule has 142 valence electrons. The van der Waals surface area contributed by atoms with Crippen molar-refractivity contribution in [3.05, 3.63) is 29.8 Å². The minimum atomic E-state index is -0.730. The molecule has 0 saturated carbocycles. The highest BCUT2D eigenvalue weighted by molar-refractivity contribution is 6.00. The van der Waals surface area contributed by atoms with E-state index in [1.165, 1.54) is 5.01 Å². The number of benzene rings is 1. The van der Waals surface area contributed by atoms with Gasteiger partial charge >= 0.3 is 12.1 Å². The highest BCUT2D eigenvalue weighted by Gasteiger charge is 2.36. The summed E-state index contributed by atoms with van der Waals surface area (Å²) in [5, 5.41) is 1.17. The van der Waals surface area contributed by atoms with Crippen molar-refractivity contribution in [1.29, 1.82) is 0 Å². The first-order chi connectivity index (χ1) is 12.1. The molecule has 1 aliphatic heterocycles. The van der Waals surface area contributed by atoms with Crippen molar-refractivity contribution in [3.8, 4) is 0 Å². The number of rotatable bonds is 4. The maximum atomic E-state index is 12.9. The van der Waals surface area contributed by atoms with E-state index in [0.29, 0.717) is 12.1 Å². The molecule has 26 heavy (non-hydrogen) atoms. The Balaban J connectivity index is 2.21. The van der Waals surface area contributed by atoms with Crippen molar-refractivity contribution < 1.29 is 23.9 Å². The number of hydrogen-bond donors (Lipinski definition) is 1. The van der Waals surface area contributed by atoms with Crippen LogP contribution in [-0.2, 0) is 25.5 Å². The van der Waals surface area contributed by atoms with Gasteiger partial charge in [0, 0.05) is 0 Å². The lowest BCUT2D eigenvalue weighted by molar-refractivity contribution is -0.150. The fourth-order valence-corrected chi connectivity index (χ4v) is 2.73. The van der Waals surface area contributed by atoms with Gasteiger partial charge in [0.1, 0.15) is 5.60 Å². The number of nitrogens with one attached hydrogen (secondary N) is 1. The average Bonchev–Trinajstić information content (AvgIpc) is 2.48. The lowest BCUT2D eigenvalue weighted by Crippen LogP contribution is -2.53. The van der Waals surface area contributed by atoms with E-state index in [4.69, 9.17) is 9.47 Å². The van der Waals surface area contributed by atoms with Crippen LogP contribution in [0, 0.1) is 5.92 Å². The van der Waals surface area contributed by atoms with Crippen LogP contribution in [0.3, 0.4) is 0 Å². The van der Waals surface area contributed by atoms with Crippen LogP contribution in [0.5, 0.6) is 0 Å². The third kappa shape index (κ3) is 5.21. The molecular formula is C19H26N2O5. The van der Waals surface area contributed by atoms with E-state index in [1.807, 2.05) is 12.1 Å². The first kappa shape index (κ1) is 19.8. The van der Waals surface area contributed by atoms with E-state index in [0.717, 1.165) is 5.56 Å². The first-order valence-corrected chi connectivity index (χ1v) is 8.68. The second-order valence-corrected chi connectivity index (χ2v) is 7.56. The quantitative estimate of drug-likeness (QED) is 0.833. The van der Waals surface area contributed by atoms with Crippen LogP contribution in [0.25, 0.3) is 0 Å². The fourth-order valence-electron chi connectivity index (χ4n) is 2.73. The number of para-hydroxylation sites is 1. The van der Waals surface area contributed by atoms with Crippen molar-refractivity contribution in [3.63, 3.8) is 0 Å². The SMILES string of the molecule is CC(C)OC(=O)C[C@@H]1Cc2ccccc2N(NC(=O)OC(C)(C)C)C1=O. The van der Waals surface area contributed by atoms with Crippen LogP contribution in [-0.4, -0.2) is 29.7 Å². The number of carbonyl (C=O) groups excluding carboxylic acids is 3. The first-order valence-electron chi connectivity index (χ1n) is 8.68. The van der Waals surface area contributed by atoms with Gasteiger partial charge in [0.05, 0.1) is 24.1 Å². The topological polar surface area (TPSA) is 84.9 Å². The highest BCUT2D eigenvalue weighted by atomic mass is 16.6. The molecule has 0 unspecified atom stereocenters. The van der Waals surface area contributed by atoms with Crippen LogP contribution in [0.4, 0.5) is 10.5 Å². The summed E-state index contributed by atoms with van der Waals surface area (Å²) in [6.07, 6.45) is -0.609. The van der Waals surface area contributed by atoms with Gasteiger partial charge in [-0.05, 0) is 52.7 Å². The fraction of sp³-hybridized carbons (Fsp3) is 0.526. The molecule has 1 atom stereocenters. The molecule has 0 bridgehead atoms. The lowest BCUT2D eigenvalue weighted by Gasteiger charge is -2.34. The van der Waals surface area contributed by atoms with E-state index in [1.54, 1.807) is 46.8 Å². The maximum absolute atomic E-state index is 12.9. The summed E-state index contributed by atoms with van der Waals surface area (Å²) in [4.78, 5) is 37.0. The summed E-state index contributed by atoms with van der Waals surface area (Å²) in [5.74, 6) is -1.41. The summed E-state index contributed by atoms with van der Waals surface area (Å²) in [7, 11) is 0. The Labute approximate surface area is 153 Å². The molecule has 7 nitrogen and oxygen atoms in total. The van der Waals surface area contributed by atoms with E-state index in [9.17, 15) is 14.4 Å². The Kier molecular flexibility index (Phi) is 5.90. The molecule has 1 aromatic carbocycles. The molecule has 7 heteroatoms. The molecule has 0 saturated heterocycles. The van der Waals surface area contributed by atoms with Gasteiger partial charge in [0.15, 0.2) is 0 Å². The van der Waals surface area contributed by atoms with E-state index in [2.05, 4.69) is 5.43 Å². The van der Waals surface area contributed by atoms with Gasteiger partial charge in [0.2, 0.25) is 5.91 Å². The molecule has 0 radical (unpaired) electrons. The van der Waals surface area contributed by atoms with Crippen LogP contribution in [0.15, 0.2) is 24.3 Å². The van der Waals surface area contributed by atoms with Gasteiger partial charge in [0.25, 0.3) is 0 Å². The van der Waals surface area contributed by atoms with E-state index >= 15 is 0 Å². The monoisotopic (exact) mass is 362 g/mol. The molecule has 1 N–H and O–H groups in total. The third-order valence-corrected chi connectivity index (χ3v) is 3.65. The third-order valence-electron chi connectivity index (χ3n) is 3.65. The highest BCUT2D eigenvalue weighted by Crippen LogP contribution is 2.31. The van der Waals surface area contributed by atoms with Gasteiger partial charge in [-0.3, -0.25) is 9.59 Å². The van der Waals surface area contributed by atoms with Crippen LogP contribution in [0.2, 0.25) is 0 Å². The average molecular weight is 362 g/mol. The van der Waals surface area contributed by atoms with Gasteiger partial charge in [-0.15, -0.1) is 0 Å². The molecule has 1 aromatic rings. The Bertz CT molecular complexity index is 693. The van der Waals surface area contributed by atoms with Crippen LogP contribution in [0.1, 0.15) is 46.6 Å². The summed E-state index contributed by atoms with van der Waals surface area (Å²) in [6.45, 7) is 8.73. The second-order valence-electron chi connectivity index (χ2n) is 7.56.